The fourth-order valence-corrected chi connectivity index (χ4v) is 1.98. The lowest BCUT2D eigenvalue weighted by Crippen LogP contribution is -2.12. The highest BCUT2D eigenvalue weighted by atomic mass is 16.4. The Hall–Kier alpha value is -2.13. The molecule has 3 N–H and O–H groups in total. The van der Waals surface area contributed by atoms with Crippen molar-refractivity contribution in [1.82, 2.24) is 0 Å². The van der Waals surface area contributed by atoms with E-state index in [9.17, 15) is 4.79 Å². The number of aromatic carboxylic acids is 1. The first-order chi connectivity index (χ1) is 8.99. The zero-order valence-electron chi connectivity index (χ0n) is 11.1. The van der Waals surface area contributed by atoms with Crippen molar-refractivity contribution in [2.24, 2.45) is 5.73 Å². The van der Waals surface area contributed by atoms with E-state index in [1.807, 2.05) is 6.07 Å². The Bertz CT molecular complexity index is 603. The lowest BCUT2D eigenvalue weighted by molar-refractivity contribution is 0.0697. The molecular weight excluding hydrogens is 238 g/mol. The van der Waals surface area contributed by atoms with E-state index in [4.69, 9.17) is 10.8 Å². The third kappa shape index (κ3) is 2.83. The van der Waals surface area contributed by atoms with Crippen LogP contribution in [0.25, 0.3) is 0 Å². The van der Waals surface area contributed by atoms with Gasteiger partial charge in [-0.05, 0) is 48.2 Å². The minimum absolute atomic E-state index is 0.234. The Morgan fingerprint density at radius 2 is 1.58 bits per heavy atom. The minimum Gasteiger partial charge on any atom is -0.478 e. The number of hydrogen-bond acceptors (Lipinski definition) is 2. The van der Waals surface area contributed by atoms with Crippen molar-refractivity contribution in [2.45, 2.75) is 19.9 Å². The highest BCUT2D eigenvalue weighted by Gasteiger charge is 2.10. The standard InChI is InChI=1S/C16H17NO2/c1-10-3-4-14(9-11(10)2)15(17)12-5-7-13(8-6-12)16(18)19/h3-9,15H,17H2,1-2H3,(H,18,19). The quantitative estimate of drug-likeness (QED) is 0.886. The Kier molecular flexibility index (Phi) is 3.67. The van der Waals surface area contributed by atoms with Crippen LogP contribution in [0.15, 0.2) is 42.5 Å². The van der Waals surface area contributed by atoms with Gasteiger partial charge < -0.3 is 10.8 Å². The molecule has 2 aromatic carbocycles. The molecule has 0 saturated heterocycles. The monoisotopic (exact) mass is 255 g/mol. The van der Waals surface area contributed by atoms with Crippen molar-refractivity contribution < 1.29 is 9.90 Å². The highest BCUT2D eigenvalue weighted by Crippen LogP contribution is 2.22. The van der Waals surface area contributed by atoms with Gasteiger partial charge in [0.1, 0.15) is 0 Å². The van der Waals surface area contributed by atoms with Crippen LogP contribution in [-0.2, 0) is 0 Å². The number of nitrogens with two attached hydrogens (primary N) is 1. The van der Waals surface area contributed by atoms with E-state index in [0.29, 0.717) is 0 Å². The molecule has 0 aromatic heterocycles. The second-order valence-corrected chi connectivity index (χ2v) is 4.75. The van der Waals surface area contributed by atoms with Crippen LogP contribution < -0.4 is 5.73 Å². The van der Waals surface area contributed by atoms with Crippen LogP contribution in [0.1, 0.15) is 38.7 Å². The number of rotatable bonds is 3. The molecule has 19 heavy (non-hydrogen) atoms. The van der Waals surface area contributed by atoms with Crippen LogP contribution in [0, 0.1) is 13.8 Å². The molecule has 0 fully saturated rings. The second kappa shape index (κ2) is 5.24. The second-order valence-electron chi connectivity index (χ2n) is 4.75. The number of carbonyl (C=O) groups is 1. The van der Waals surface area contributed by atoms with Crippen molar-refractivity contribution in [1.29, 1.82) is 0 Å². The summed E-state index contributed by atoms with van der Waals surface area (Å²) in [5.74, 6) is -0.925. The maximum atomic E-state index is 10.8. The Morgan fingerprint density at radius 3 is 2.11 bits per heavy atom. The van der Waals surface area contributed by atoms with Crippen LogP contribution >= 0.6 is 0 Å². The van der Waals surface area contributed by atoms with E-state index in [2.05, 4.69) is 26.0 Å². The summed E-state index contributed by atoms with van der Waals surface area (Å²) in [4.78, 5) is 10.8. The molecule has 0 heterocycles. The van der Waals surface area contributed by atoms with Gasteiger partial charge in [-0.2, -0.15) is 0 Å². The summed E-state index contributed by atoms with van der Waals surface area (Å²) in [5, 5.41) is 8.87. The molecule has 0 radical (unpaired) electrons. The third-order valence-corrected chi connectivity index (χ3v) is 3.41. The zero-order chi connectivity index (χ0) is 14.0. The van der Waals surface area contributed by atoms with Gasteiger partial charge in [-0.3, -0.25) is 0 Å². The Morgan fingerprint density at radius 1 is 1.00 bits per heavy atom. The molecule has 0 saturated carbocycles. The predicted octanol–water partition coefficient (Wildman–Crippen LogP) is 3.05. The first-order valence-electron chi connectivity index (χ1n) is 6.15. The molecule has 0 spiro atoms. The number of hydrogen-bond donors (Lipinski definition) is 2. The van der Waals surface area contributed by atoms with E-state index in [1.54, 1.807) is 24.3 Å². The van der Waals surface area contributed by atoms with Gasteiger partial charge in [0, 0.05) is 0 Å². The smallest absolute Gasteiger partial charge is 0.335 e. The normalized spacial score (nSPS) is 12.2. The molecule has 1 atom stereocenters. The molecule has 1 unspecified atom stereocenters. The first kappa shape index (κ1) is 13.3. The van der Waals surface area contributed by atoms with Gasteiger partial charge in [0.25, 0.3) is 0 Å². The van der Waals surface area contributed by atoms with Crippen LogP contribution in [0.5, 0.6) is 0 Å². The molecule has 98 valence electrons. The van der Waals surface area contributed by atoms with Crippen molar-refractivity contribution in [2.75, 3.05) is 0 Å². The van der Waals surface area contributed by atoms with Crippen molar-refractivity contribution in [3.63, 3.8) is 0 Å². The van der Waals surface area contributed by atoms with Gasteiger partial charge in [-0.15, -0.1) is 0 Å². The number of carboxylic acids is 1. The van der Waals surface area contributed by atoms with E-state index < -0.39 is 5.97 Å². The molecule has 0 aliphatic heterocycles. The first-order valence-corrected chi connectivity index (χ1v) is 6.15. The van der Waals surface area contributed by atoms with Crippen LogP contribution in [-0.4, -0.2) is 11.1 Å². The number of aryl methyl sites for hydroxylation is 2. The van der Waals surface area contributed by atoms with Crippen molar-refractivity contribution in [3.8, 4) is 0 Å². The van der Waals surface area contributed by atoms with Gasteiger partial charge in [-0.25, -0.2) is 4.79 Å². The SMILES string of the molecule is Cc1ccc(C(N)c2ccc(C(=O)O)cc2)cc1C. The summed E-state index contributed by atoms with van der Waals surface area (Å²) < 4.78 is 0. The van der Waals surface area contributed by atoms with Crippen LogP contribution in [0.4, 0.5) is 0 Å². The molecule has 0 aliphatic carbocycles. The molecule has 0 bridgehead atoms. The molecule has 2 rings (SSSR count). The molecule has 3 nitrogen and oxygen atoms in total. The third-order valence-electron chi connectivity index (χ3n) is 3.41. The fourth-order valence-electron chi connectivity index (χ4n) is 1.98. The summed E-state index contributed by atoms with van der Waals surface area (Å²) in [7, 11) is 0. The summed E-state index contributed by atoms with van der Waals surface area (Å²) >= 11 is 0. The van der Waals surface area contributed by atoms with E-state index >= 15 is 0 Å². The topological polar surface area (TPSA) is 63.3 Å². The zero-order valence-corrected chi connectivity index (χ0v) is 11.1. The van der Waals surface area contributed by atoms with E-state index in [0.717, 1.165) is 11.1 Å². The van der Waals surface area contributed by atoms with Crippen molar-refractivity contribution in [3.05, 3.63) is 70.3 Å². The van der Waals surface area contributed by atoms with Gasteiger partial charge in [0.2, 0.25) is 0 Å². The number of carboxylic acid groups (broad SMARTS) is 1. The average molecular weight is 255 g/mol. The van der Waals surface area contributed by atoms with Gasteiger partial charge >= 0.3 is 5.97 Å². The highest BCUT2D eigenvalue weighted by molar-refractivity contribution is 5.87. The van der Waals surface area contributed by atoms with E-state index in [1.165, 1.54) is 11.1 Å². The lowest BCUT2D eigenvalue weighted by Gasteiger charge is -2.14. The molecular formula is C16H17NO2. The predicted molar refractivity (Wildman–Crippen MR) is 75.3 cm³/mol. The maximum absolute atomic E-state index is 10.8. The van der Waals surface area contributed by atoms with Crippen LogP contribution in [0.3, 0.4) is 0 Å². The summed E-state index contributed by atoms with van der Waals surface area (Å²) in [5.41, 5.74) is 10.9. The Balaban J connectivity index is 2.30. The number of benzene rings is 2. The lowest BCUT2D eigenvalue weighted by atomic mass is 9.96. The summed E-state index contributed by atoms with van der Waals surface area (Å²) in [6, 6.07) is 12.6. The Labute approximate surface area is 112 Å². The molecule has 3 heteroatoms. The van der Waals surface area contributed by atoms with E-state index in [-0.39, 0.29) is 11.6 Å². The van der Waals surface area contributed by atoms with Crippen LogP contribution in [0.2, 0.25) is 0 Å². The maximum Gasteiger partial charge on any atom is 0.335 e. The van der Waals surface area contributed by atoms with Gasteiger partial charge in [0.05, 0.1) is 11.6 Å². The summed E-state index contributed by atoms with van der Waals surface area (Å²) in [6.45, 7) is 4.12. The van der Waals surface area contributed by atoms with Gasteiger partial charge in [-0.1, -0.05) is 30.3 Å². The average Bonchev–Trinajstić information content (AvgIpc) is 2.41. The van der Waals surface area contributed by atoms with Gasteiger partial charge in [0.15, 0.2) is 0 Å². The summed E-state index contributed by atoms with van der Waals surface area (Å²) in [6.07, 6.45) is 0. The molecule has 2 aromatic rings. The minimum atomic E-state index is -0.925. The largest absolute Gasteiger partial charge is 0.478 e. The fraction of sp³-hybridized carbons (Fsp3) is 0.188. The molecule has 0 amide bonds. The molecule has 0 aliphatic rings. The van der Waals surface area contributed by atoms with Crippen molar-refractivity contribution >= 4 is 5.97 Å².